The largest absolute Gasteiger partial charge is 0.508 e. The molecule has 0 amide bonds. The summed E-state index contributed by atoms with van der Waals surface area (Å²) in [5.41, 5.74) is 2.91. The molecule has 2 N–H and O–H groups in total. The van der Waals surface area contributed by atoms with Crippen molar-refractivity contribution in [1.29, 1.82) is 0 Å². The smallest absolute Gasteiger partial charge is 0.143 e. The maximum absolute atomic E-state index is 9.72. The Kier molecular flexibility index (Phi) is 4.18. The Morgan fingerprint density at radius 2 is 1.88 bits per heavy atom. The van der Waals surface area contributed by atoms with Crippen LogP contribution in [0.1, 0.15) is 5.82 Å². The summed E-state index contributed by atoms with van der Waals surface area (Å²) in [7, 11) is 1.66. The maximum atomic E-state index is 9.72. The van der Waals surface area contributed by atoms with Gasteiger partial charge in [-0.1, -0.05) is 18.2 Å². The number of hydrogen-bond acceptors (Lipinski definition) is 6. The molecule has 2 aromatic heterocycles. The zero-order valence-electron chi connectivity index (χ0n) is 14.4. The van der Waals surface area contributed by atoms with Crippen LogP contribution in [-0.2, 0) is 0 Å². The molecule has 0 fully saturated rings. The molecule has 4 aromatic rings. The molecule has 5 nitrogen and oxygen atoms in total. The van der Waals surface area contributed by atoms with E-state index in [0.717, 1.165) is 38.6 Å². The van der Waals surface area contributed by atoms with Crippen LogP contribution in [-0.4, -0.2) is 22.2 Å². The fraction of sp³-hybridized carbons (Fsp3) is 0.100. The standard InChI is InChI=1S/C20H17N3O2S/c1-12-21-19(23-14-4-3-5-15(24)10-14)18-17(11-26-20(18)22-12)13-6-8-16(25-2)9-7-13/h3-11,24H,1-2H3,(H,21,22,23). The zero-order valence-corrected chi connectivity index (χ0v) is 15.2. The van der Waals surface area contributed by atoms with Crippen molar-refractivity contribution in [3.63, 3.8) is 0 Å². The number of ether oxygens (including phenoxy) is 1. The van der Waals surface area contributed by atoms with Crippen molar-refractivity contribution in [2.75, 3.05) is 12.4 Å². The molecule has 0 saturated carbocycles. The lowest BCUT2D eigenvalue weighted by molar-refractivity contribution is 0.415. The highest BCUT2D eigenvalue weighted by Crippen LogP contribution is 2.38. The van der Waals surface area contributed by atoms with Gasteiger partial charge < -0.3 is 15.2 Å². The molecule has 0 unspecified atom stereocenters. The fourth-order valence-electron chi connectivity index (χ4n) is 2.84. The van der Waals surface area contributed by atoms with Crippen molar-refractivity contribution in [3.8, 4) is 22.6 Å². The Morgan fingerprint density at radius 3 is 2.62 bits per heavy atom. The molecule has 6 heteroatoms. The Bertz CT molecular complexity index is 1070. The first kappa shape index (κ1) is 16.4. The highest BCUT2D eigenvalue weighted by atomic mass is 32.1. The number of rotatable bonds is 4. The number of methoxy groups -OCH3 is 1. The first-order valence-electron chi connectivity index (χ1n) is 8.10. The molecule has 0 aliphatic heterocycles. The second-order valence-corrected chi connectivity index (χ2v) is 6.71. The summed E-state index contributed by atoms with van der Waals surface area (Å²) in [5.74, 6) is 2.45. The number of phenolic OH excluding ortho intramolecular Hbond substituents is 1. The van der Waals surface area contributed by atoms with Crippen LogP contribution >= 0.6 is 11.3 Å². The molecule has 0 atom stereocenters. The van der Waals surface area contributed by atoms with Crippen LogP contribution in [0.4, 0.5) is 11.5 Å². The van der Waals surface area contributed by atoms with Gasteiger partial charge >= 0.3 is 0 Å². The molecule has 130 valence electrons. The van der Waals surface area contributed by atoms with Crippen LogP contribution in [0.25, 0.3) is 21.3 Å². The number of hydrogen-bond donors (Lipinski definition) is 2. The minimum absolute atomic E-state index is 0.206. The van der Waals surface area contributed by atoms with Gasteiger partial charge in [-0.15, -0.1) is 11.3 Å². The monoisotopic (exact) mass is 363 g/mol. The average Bonchev–Trinajstić information content (AvgIpc) is 3.06. The number of aromatic hydroxyl groups is 1. The molecule has 2 heterocycles. The van der Waals surface area contributed by atoms with Gasteiger partial charge in [-0.3, -0.25) is 0 Å². The van der Waals surface area contributed by atoms with Crippen LogP contribution in [0.5, 0.6) is 11.5 Å². The summed E-state index contributed by atoms with van der Waals surface area (Å²) in [6, 6.07) is 14.9. The first-order chi connectivity index (χ1) is 12.6. The fourth-order valence-corrected chi connectivity index (χ4v) is 3.84. The lowest BCUT2D eigenvalue weighted by Crippen LogP contribution is -1.98. The first-order valence-corrected chi connectivity index (χ1v) is 8.98. The molecule has 2 aromatic carbocycles. The molecule has 0 bridgehead atoms. The molecule has 0 saturated heterocycles. The normalized spacial score (nSPS) is 10.8. The van der Waals surface area contributed by atoms with Crippen molar-refractivity contribution in [2.24, 2.45) is 0 Å². The number of thiophene rings is 1. The van der Waals surface area contributed by atoms with Gasteiger partial charge in [0, 0.05) is 22.7 Å². The molecule has 4 rings (SSSR count). The van der Waals surface area contributed by atoms with Crippen LogP contribution in [0.3, 0.4) is 0 Å². The number of phenols is 1. The summed E-state index contributed by atoms with van der Waals surface area (Å²) < 4.78 is 5.25. The summed E-state index contributed by atoms with van der Waals surface area (Å²) in [6.07, 6.45) is 0. The van der Waals surface area contributed by atoms with E-state index in [-0.39, 0.29) is 5.75 Å². The molecular formula is C20H17N3O2S. The predicted molar refractivity (Wildman–Crippen MR) is 106 cm³/mol. The molecular weight excluding hydrogens is 346 g/mol. The number of nitrogens with one attached hydrogen (secondary N) is 1. The highest BCUT2D eigenvalue weighted by Gasteiger charge is 2.15. The molecule has 0 aliphatic carbocycles. The van der Waals surface area contributed by atoms with E-state index in [4.69, 9.17) is 4.74 Å². The number of aryl methyl sites for hydroxylation is 1. The van der Waals surface area contributed by atoms with E-state index in [0.29, 0.717) is 5.82 Å². The van der Waals surface area contributed by atoms with Crippen LogP contribution < -0.4 is 10.1 Å². The van der Waals surface area contributed by atoms with Gasteiger partial charge in [0.25, 0.3) is 0 Å². The summed E-state index contributed by atoms with van der Waals surface area (Å²) >= 11 is 1.59. The zero-order chi connectivity index (χ0) is 18.1. The second kappa shape index (κ2) is 6.65. The Labute approximate surface area is 154 Å². The molecule has 26 heavy (non-hydrogen) atoms. The Morgan fingerprint density at radius 1 is 1.08 bits per heavy atom. The third-order valence-corrected chi connectivity index (χ3v) is 4.93. The van der Waals surface area contributed by atoms with E-state index >= 15 is 0 Å². The molecule has 0 aliphatic rings. The van der Waals surface area contributed by atoms with Crippen LogP contribution in [0.15, 0.2) is 53.9 Å². The van der Waals surface area contributed by atoms with E-state index in [1.807, 2.05) is 37.3 Å². The number of fused-ring (bicyclic) bond motifs is 1. The number of nitrogens with zero attached hydrogens (tertiary/aromatic N) is 2. The quantitative estimate of drug-likeness (QED) is 0.526. The van der Waals surface area contributed by atoms with E-state index in [2.05, 4.69) is 20.7 Å². The van der Waals surface area contributed by atoms with Gasteiger partial charge in [0.15, 0.2) is 0 Å². The molecule has 0 radical (unpaired) electrons. The van der Waals surface area contributed by atoms with E-state index in [9.17, 15) is 5.11 Å². The van der Waals surface area contributed by atoms with Crippen molar-refractivity contribution < 1.29 is 9.84 Å². The van der Waals surface area contributed by atoms with Crippen molar-refractivity contribution >= 4 is 33.1 Å². The van der Waals surface area contributed by atoms with E-state index in [1.165, 1.54) is 0 Å². The Balaban J connectivity index is 1.84. The lowest BCUT2D eigenvalue weighted by atomic mass is 10.1. The third-order valence-electron chi connectivity index (χ3n) is 4.06. The topological polar surface area (TPSA) is 67.3 Å². The lowest BCUT2D eigenvalue weighted by Gasteiger charge is -2.10. The van der Waals surface area contributed by atoms with Gasteiger partial charge in [-0.25, -0.2) is 9.97 Å². The number of benzene rings is 2. The van der Waals surface area contributed by atoms with Crippen molar-refractivity contribution in [3.05, 3.63) is 59.7 Å². The van der Waals surface area contributed by atoms with Crippen molar-refractivity contribution in [2.45, 2.75) is 6.92 Å². The SMILES string of the molecule is COc1ccc(-c2csc3nc(C)nc(Nc4cccc(O)c4)c23)cc1. The van der Waals surface area contributed by atoms with Gasteiger partial charge in [0.1, 0.15) is 28.0 Å². The van der Waals surface area contributed by atoms with Crippen LogP contribution in [0, 0.1) is 6.92 Å². The van der Waals surface area contributed by atoms with Gasteiger partial charge in [-0.2, -0.15) is 0 Å². The molecule has 0 spiro atoms. The van der Waals surface area contributed by atoms with Gasteiger partial charge in [0.05, 0.1) is 12.5 Å². The summed E-state index contributed by atoms with van der Waals surface area (Å²) in [6.45, 7) is 1.87. The van der Waals surface area contributed by atoms with E-state index in [1.54, 1.807) is 36.6 Å². The number of anilines is 2. The predicted octanol–water partition coefficient (Wildman–Crippen LogP) is 5.12. The van der Waals surface area contributed by atoms with Crippen molar-refractivity contribution in [1.82, 2.24) is 9.97 Å². The maximum Gasteiger partial charge on any atom is 0.143 e. The second-order valence-electron chi connectivity index (χ2n) is 5.85. The summed E-state index contributed by atoms with van der Waals surface area (Å²) in [5, 5.41) is 16.1. The summed E-state index contributed by atoms with van der Waals surface area (Å²) in [4.78, 5) is 10.1. The minimum Gasteiger partial charge on any atom is -0.508 e. The van der Waals surface area contributed by atoms with Gasteiger partial charge in [-0.05, 0) is 36.8 Å². The Hall–Kier alpha value is -3.12. The average molecular weight is 363 g/mol. The highest BCUT2D eigenvalue weighted by molar-refractivity contribution is 7.17. The third kappa shape index (κ3) is 3.07. The van der Waals surface area contributed by atoms with E-state index < -0.39 is 0 Å². The number of aromatic nitrogens is 2. The minimum atomic E-state index is 0.206. The van der Waals surface area contributed by atoms with Gasteiger partial charge in [0.2, 0.25) is 0 Å². The van der Waals surface area contributed by atoms with Crippen LogP contribution in [0.2, 0.25) is 0 Å².